The van der Waals surface area contributed by atoms with Crippen LogP contribution in [0.5, 0.6) is 5.88 Å². The molecule has 1 unspecified atom stereocenters. The number of hydrogen-bond donors (Lipinski definition) is 1. The number of aliphatic hydroxyl groups excluding tert-OH is 1. The van der Waals surface area contributed by atoms with Gasteiger partial charge in [-0.2, -0.15) is 5.10 Å². The highest BCUT2D eigenvalue weighted by Crippen LogP contribution is 2.33. The summed E-state index contributed by atoms with van der Waals surface area (Å²) in [5.74, 6) is 0.617. The molecule has 2 heterocycles. The summed E-state index contributed by atoms with van der Waals surface area (Å²) >= 11 is 5.86. The summed E-state index contributed by atoms with van der Waals surface area (Å²) in [6.45, 7) is 3.13. The molecule has 0 spiro atoms. The van der Waals surface area contributed by atoms with E-state index < -0.39 is 6.10 Å². The van der Waals surface area contributed by atoms with Gasteiger partial charge in [0.2, 0.25) is 5.88 Å². The van der Waals surface area contributed by atoms with Gasteiger partial charge in [0.25, 0.3) is 0 Å². The first-order valence-corrected chi connectivity index (χ1v) is 4.65. The Bertz CT molecular complexity index is 322. The Hall–Kier alpha value is -0.740. The van der Waals surface area contributed by atoms with Crippen molar-refractivity contribution >= 4 is 11.6 Å². The molecule has 1 N–H and O–H groups in total. The summed E-state index contributed by atoms with van der Waals surface area (Å²) in [5, 5.41) is 13.8. The molecule has 0 saturated heterocycles. The van der Waals surface area contributed by atoms with Gasteiger partial charge in [-0.15, -0.1) is 0 Å². The monoisotopic (exact) mass is 202 g/mol. The fraction of sp³-hybridized carbons (Fsp3) is 0.625. The standard InChI is InChI=1S/C8H11ClN2O2/c1-5(12)6-7(9)10-11-3-2-4-13-8(6)11/h5,12H,2-4H2,1H3. The molecule has 4 nitrogen and oxygen atoms in total. The molecule has 72 valence electrons. The number of aryl methyl sites for hydroxylation is 1. The molecule has 1 aromatic rings. The van der Waals surface area contributed by atoms with Crippen molar-refractivity contribution in [2.24, 2.45) is 0 Å². The SMILES string of the molecule is CC(O)c1c(Cl)nn2c1OCCC2. The molecule has 0 aliphatic carbocycles. The van der Waals surface area contributed by atoms with Crippen molar-refractivity contribution in [3.63, 3.8) is 0 Å². The van der Waals surface area contributed by atoms with Crippen LogP contribution in [-0.4, -0.2) is 21.5 Å². The largest absolute Gasteiger partial charge is 0.477 e. The fourth-order valence-electron chi connectivity index (χ4n) is 1.47. The fourth-order valence-corrected chi connectivity index (χ4v) is 1.80. The highest BCUT2D eigenvalue weighted by molar-refractivity contribution is 6.30. The van der Waals surface area contributed by atoms with Crippen molar-refractivity contribution in [1.82, 2.24) is 9.78 Å². The van der Waals surface area contributed by atoms with Crippen LogP contribution in [-0.2, 0) is 6.54 Å². The van der Waals surface area contributed by atoms with Crippen LogP contribution in [0.2, 0.25) is 5.15 Å². The van der Waals surface area contributed by atoms with E-state index in [-0.39, 0.29) is 0 Å². The van der Waals surface area contributed by atoms with Gasteiger partial charge >= 0.3 is 0 Å². The zero-order valence-electron chi connectivity index (χ0n) is 7.33. The van der Waals surface area contributed by atoms with E-state index in [4.69, 9.17) is 16.3 Å². The molecule has 1 atom stereocenters. The number of aromatic nitrogens is 2. The minimum absolute atomic E-state index is 0.340. The zero-order chi connectivity index (χ0) is 9.42. The molecule has 2 rings (SSSR count). The first kappa shape index (κ1) is 8.84. The highest BCUT2D eigenvalue weighted by Gasteiger charge is 2.23. The lowest BCUT2D eigenvalue weighted by Crippen LogP contribution is -2.15. The molecule has 1 aliphatic rings. The molecule has 0 aromatic carbocycles. The van der Waals surface area contributed by atoms with Crippen LogP contribution in [0, 0.1) is 0 Å². The topological polar surface area (TPSA) is 47.3 Å². The lowest BCUT2D eigenvalue weighted by atomic mass is 10.2. The maximum atomic E-state index is 9.43. The second kappa shape index (κ2) is 3.20. The Kier molecular flexibility index (Phi) is 2.17. The predicted molar refractivity (Wildman–Crippen MR) is 48.0 cm³/mol. The van der Waals surface area contributed by atoms with E-state index in [9.17, 15) is 5.11 Å². The average Bonchev–Trinajstić information content (AvgIpc) is 2.39. The van der Waals surface area contributed by atoms with Gasteiger partial charge in [0.15, 0.2) is 5.15 Å². The number of ether oxygens (including phenoxy) is 1. The van der Waals surface area contributed by atoms with Gasteiger partial charge in [0.1, 0.15) is 0 Å². The van der Waals surface area contributed by atoms with Gasteiger partial charge in [-0.3, -0.25) is 0 Å². The van der Waals surface area contributed by atoms with Gasteiger partial charge in [0.05, 0.1) is 18.3 Å². The third-order valence-electron chi connectivity index (χ3n) is 2.07. The van der Waals surface area contributed by atoms with E-state index >= 15 is 0 Å². The number of rotatable bonds is 1. The normalized spacial score (nSPS) is 17.8. The smallest absolute Gasteiger partial charge is 0.219 e. The Morgan fingerprint density at radius 1 is 1.69 bits per heavy atom. The third-order valence-corrected chi connectivity index (χ3v) is 2.35. The average molecular weight is 203 g/mol. The van der Waals surface area contributed by atoms with Crippen molar-refractivity contribution in [3.8, 4) is 5.88 Å². The summed E-state index contributed by atoms with van der Waals surface area (Å²) in [5.41, 5.74) is 0.598. The molecule has 1 aromatic heterocycles. The minimum atomic E-state index is -0.630. The van der Waals surface area contributed by atoms with E-state index in [1.165, 1.54) is 0 Å². The Morgan fingerprint density at radius 2 is 2.46 bits per heavy atom. The van der Waals surface area contributed by atoms with Crippen LogP contribution in [0.15, 0.2) is 0 Å². The van der Waals surface area contributed by atoms with Crippen LogP contribution in [0.1, 0.15) is 25.0 Å². The van der Waals surface area contributed by atoms with E-state index in [0.29, 0.717) is 23.2 Å². The molecule has 5 heteroatoms. The molecule has 0 radical (unpaired) electrons. The summed E-state index contributed by atoms with van der Waals surface area (Å²) in [4.78, 5) is 0. The molecule has 0 amide bonds. The van der Waals surface area contributed by atoms with Gasteiger partial charge in [0, 0.05) is 13.0 Å². The summed E-state index contributed by atoms with van der Waals surface area (Å²) in [6, 6.07) is 0. The van der Waals surface area contributed by atoms with Gasteiger partial charge < -0.3 is 9.84 Å². The molecule has 0 bridgehead atoms. The van der Waals surface area contributed by atoms with Crippen LogP contribution in [0.4, 0.5) is 0 Å². The van der Waals surface area contributed by atoms with E-state index in [1.54, 1.807) is 11.6 Å². The Morgan fingerprint density at radius 3 is 3.15 bits per heavy atom. The maximum absolute atomic E-state index is 9.43. The first-order valence-electron chi connectivity index (χ1n) is 4.27. The van der Waals surface area contributed by atoms with E-state index in [1.807, 2.05) is 0 Å². The van der Waals surface area contributed by atoms with E-state index in [0.717, 1.165) is 13.0 Å². The van der Waals surface area contributed by atoms with Crippen molar-refractivity contribution < 1.29 is 9.84 Å². The van der Waals surface area contributed by atoms with Gasteiger partial charge in [-0.1, -0.05) is 11.6 Å². The molecular formula is C8H11ClN2O2. The summed E-state index contributed by atoms with van der Waals surface area (Å²) < 4.78 is 7.10. The zero-order valence-corrected chi connectivity index (χ0v) is 8.08. The second-order valence-corrected chi connectivity index (χ2v) is 3.47. The highest BCUT2D eigenvalue weighted by atomic mass is 35.5. The van der Waals surface area contributed by atoms with Crippen LogP contribution in [0.3, 0.4) is 0 Å². The Balaban J connectivity index is 2.48. The summed E-state index contributed by atoms with van der Waals surface area (Å²) in [6.07, 6.45) is 0.305. The molecular weight excluding hydrogens is 192 g/mol. The number of aliphatic hydroxyl groups is 1. The second-order valence-electron chi connectivity index (χ2n) is 3.11. The number of halogens is 1. The van der Waals surface area contributed by atoms with Crippen LogP contribution < -0.4 is 4.74 Å². The molecule has 1 aliphatic heterocycles. The van der Waals surface area contributed by atoms with Crippen molar-refractivity contribution in [3.05, 3.63) is 10.7 Å². The lowest BCUT2D eigenvalue weighted by Gasteiger charge is -2.16. The number of nitrogens with zero attached hydrogens (tertiary/aromatic N) is 2. The number of hydrogen-bond acceptors (Lipinski definition) is 3. The Labute approximate surface area is 81.1 Å². The van der Waals surface area contributed by atoms with E-state index in [2.05, 4.69) is 5.10 Å². The first-order chi connectivity index (χ1) is 6.20. The van der Waals surface area contributed by atoms with Crippen LogP contribution in [0.25, 0.3) is 0 Å². The van der Waals surface area contributed by atoms with Gasteiger partial charge in [-0.25, -0.2) is 4.68 Å². The van der Waals surface area contributed by atoms with Crippen LogP contribution >= 0.6 is 11.6 Å². The molecule has 13 heavy (non-hydrogen) atoms. The summed E-state index contributed by atoms with van der Waals surface area (Å²) in [7, 11) is 0. The lowest BCUT2D eigenvalue weighted by molar-refractivity contribution is 0.180. The maximum Gasteiger partial charge on any atom is 0.219 e. The predicted octanol–water partition coefficient (Wildman–Crippen LogP) is 1.37. The molecule has 0 fully saturated rings. The number of fused-ring (bicyclic) bond motifs is 1. The van der Waals surface area contributed by atoms with Crippen molar-refractivity contribution in [2.75, 3.05) is 6.61 Å². The minimum Gasteiger partial charge on any atom is -0.477 e. The molecule has 0 saturated carbocycles. The van der Waals surface area contributed by atoms with Crippen molar-refractivity contribution in [2.45, 2.75) is 26.0 Å². The van der Waals surface area contributed by atoms with Crippen molar-refractivity contribution in [1.29, 1.82) is 0 Å². The quantitative estimate of drug-likeness (QED) is 0.749. The third kappa shape index (κ3) is 1.40. The van der Waals surface area contributed by atoms with Gasteiger partial charge in [-0.05, 0) is 6.92 Å².